The van der Waals surface area contributed by atoms with Crippen LogP contribution in [0.5, 0.6) is 5.75 Å². The molecular formula is C14H13O3. The van der Waals surface area contributed by atoms with Crippen LogP contribution in [0.4, 0.5) is 0 Å². The second-order valence-corrected chi connectivity index (χ2v) is 3.93. The van der Waals surface area contributed by atoms with Crippen LogP contribution < -0.4 is 4.74 Å². The SMILES string of the molecule is CC(C)Oc1ccccc1-c1ccc([C]=O)o1. The van der Waals surface area contributed by atoms with Crippen molar-refractivity contribution in [2.24, 2.45) is 0 Å². The lowest BCUT2D eigenvalue weighted by molar-refractivity contribution is 0.243. The number of rotatable bonds is 4. The number of furan rings is 1. The smallest absolute Gasteiger partial charge is 0.271 e. The molecular weight excluding hydrogens is 216 g/mol. The van der Waals surface area contributed by atoms with E-state index in [0.717, 1.165) is 11.3 Å². The minimum absolute atomic E-state index is 0.0863. The average molecular weight is 229 g/mol. The fourth-order valence-electron chi connectivity index (χ4n) is 1.56. The largest absolute Gasteiger partial charge is 0.490 e. The van der Waals surface area contributed by atoms with Gasteiger partial charge in [-0.25, -0.2) is 0 Å². The van der Waals surface area contributed by atoms with Crippen molar-refractivity contribution in [3.05, 3.63) is 42.2 Å². The first-order valence-electron chi connectivity index (χ1n) is 5.44. The molecule has 0 spiro atoms. The molecule has 0 unspecified atom stereocenters. The molecule has 1 aromatic heterocycles. The van der Waals surface area contributed by atoms with Crippen molar-refractivity contribution in [1.82, 2.24) is 0 Å². The van der Waals surface area contributed by atoms with Gasteiger partial charge in [-0.15, -0.1) is 0 Å². The molecule has 0 saturated carbocycles. The molecule has 0 amide bonds. The lowest BCUT2D eigenvalue weighted by Crippen LogP contribution is -2.06. The number of carbonyl (C=O) groups excluding carboxylic acids is 1. The Morgan fingerprint density at radius 2 is 1.94 bits per heavy atom. The molecule has 0 aliphatic carbocycles. The van der Waals surface area contributed by atoms with Crippen LogP contribution in [-0.2, 0) is 4.79 Å². The standard InChI is InChI=1S/C14H13O3/c1-10(2)16-13-6-4-3-5-12(13)14-8-7-11(9-15)17-14/h3-8,10H,1-2H3. The van der Waals surface area contributed by atoms with Crippen LogP contribution >= 0.6 is 0 Å². The Kier molecular flexibility index (Phi) is 3.28. The van der Waals surface area contributed by atoms with E-state index in [2.05, 4.69) is 0 Å². The Morgan fingerprint density at radius 1 is 1.18 bits per heavy atom. The molecule has 17 heavy (non-hydrogen) atoms. The lowest BCUT2D eigenvalue weighted by Gasteiger charge is -2.12. The maximum atomic E-state index is 10.5. The Bertz CT molecular complexity index is 512. The fraction of sp³-hybridized carbons (Fsp3) is 0.214. The number of hydrogen-bond donors (Lipinski definition) is 0. The van der Waals surface area contributed by atoms with Gasteiger partial charge in [-0.3, -0.25) is 4.79 Å². The van der Waals surface area contributed by atoms with E-state index < -0.39 is 0 Å². The van der Waals surface area contributed by atoms with E-state index in [1.165, 1.54) is 0 Å². The van der Waals surface area contributed by atoms with E-state index in [-0.39, 0.29) is 11.9 Å². The maximum absolute atomic E-state index is 10.5. The molecule has 0 N–H and O–H groups in total. The molecule has 87 valence electrons. The van der Waals surface area contributed by atoms with Crippen LogP contribution in [0, 0.1) is 0 Å². The third-order valence-electron chi connectivity index (χ3n) is 2.22. The maximum Gasteiger partial charge on any atom is 0.271 e. The summed E-state index contributed by atoms with van der Waals surface area (Å²) < 4.78 is 11.0. The highest BCUT2D eigenvalue weighted by Crippen LogP contribution is 2.31. The molecule has 1 radical (unpaired) electrons. The predicted molar refractivity (Wildman–Crippen MR) is 64.7 cm³/mol. The summed E-state index contributed by atoms with van der Waals surface area (Å²) in [5, 5.41) is 0. The first-order chi connectivity index (χ1) is 8.20. The first kappa shape index (κ1) is 11.5. The minimum Gasteiger partial charge on any atom is -0.490 e. The summed E-state index contributed by atoms with van der Waals surface area (Å²) in [7, 11) is 0. The number of para-hydroxylation sites is 1. The topological polar surface area (TPSA) is 39.4 Å². The summed E-state index contributed by atoms with van der Waals surface area (Å²) >= 11 is 0. The highest BCUT2D eigenvalue weighted by molar-refractivity contribution is 5.74. The van der Waals surface area contributed by atoms with Gasteiger partial charge in [0, 0.05) is 0 Å². The molecule has 0 saturated heterocycles. The van der Waals surface area contributed by atoms with Crippen LogP contribution in [0.2, 0.25) is 0 Å². The lowest BCUT2D eigenvalue weighted by atomic mass is 10.1. The zero-order chi connectivity index (χ0) is 12.3. The highest BCUT2D eigenvalue weighted by Gasteiger charge is 2.11. The van der Waals surface area contributed by atoms with Crippen LogP contribution in [0.1, 0.15) is 19.6 Å². The third-order valence-corrected chi connectivity index (χ3v) is 2.22. The Hall–Kier alpha value is -2.03. The van der Waals surface area contributed by atoms with Gasteiger partial charge in [0.05, 0.1) is 11.7 Å². The molecule has 0 aliphatic rings. The zero-order valence-corrected chi connectivity index (χ0v) is 9.77. The van der Waals surface area contributed by atoms with Gasteiger partial charge in [-0.05, 0) is 38.1 Å². The molecule has 0 bridgehead atoms. The van der Waals surface area contributed by atoms with Crippen molar-refractivity contribution < 1.29 is 13.9 Å². The van der Waals surface area contributed by atoms with Gasteiger partial charge in [0.1, 0.15) is 11.5 Å². The highest BCUT2D eigenvalue weighted by atomic mass is 16.5. The van der Waals surface area contributed by atoms with Crippen LogP contribution in [0.15, 0.2) is 40.8 Å². The summed E-state index contributed by atoms with van der Waals surface area (Å²) in [5.41, 5.74) is 0.836. The van der Waals surface area contributed by atoms with E-state index in [4.69, 9.17) is 9.15 Å². The predicted octanol–water partition coefficient (Wildman–Crippen LogP) is 3.19. The molecule has 1 aromatic carbocycles. The normalized spacial score (nSPS) is 10.5. The molecule has 0 fully saturated rings. The minimum atomic E-state index is 0.0863. The summed E-state index contributed by atoms with van der Waals surface area (Å²) in [5.74, 6) is 1.55. The van der Waals surface area contributed by atoms with E-state index in [9.17, 15) is 4.79 Å². The van der Waals surface area contributed by atoms with Crippen LogP contribution in [0.25, 0.3) is 11.3 Å². The molecule has 3 heteroatoms. The van der Waals surface area contributed by atoms with Gasteiger partial charge < -0.3 is 9.15 Å². The zero-order valence-electron chi connectivity index (χ0n) is 9.77. The van der Waals surface area contributed by atoms with Crippen molar-refractivity contribution in [1.29, 1.82) is 0 Å². The van der Waals surface area contributed by atoms with Gasteiger partial charge in [0.15, 0.2) is 5.76 Å². The average Bonchev–Trinajstić information content (AvgIpc) is 2.77. The van der Waals surface area contributed by atoms with Crippen molar-refractivity contribution in [3.8, 4) is 17.1 Å². The van der Waals surface area contributed by atoms with Gasteiger partial charge >= 0.3 is 0 Å². The molecule has 3 nitrogen and oxygen atoms in total. The van der Waals surface area contributed by atoms with Crippen molar-refractivity contribution in [2.45, 2.75) is 20.0 Å². The number of ether oxygens (including phenoxy) is 1. The Morgan fingerprint density at radius 3 is 2.59 bits per heavy atom. The van der Waals surface area contributed by atoms with E-state index in [1.54, 1.807) is 18.4 Å². The monoisotopic (exact) mass is 229 g/mol. The first-order valence-corrected chi connectivity index (χ1v) is 5.44. The molecule has 1 heterocycles. The molecule has 2 rings (SSSR count). The van der Waals surface area contributed by atoms with Crippen LogP contribution in [-0.4, -0.2) is 12.4 Å². The van der Waals surface area contributed by atoms with Crippen molar-refractivity contribution in [3.63, 3.8) is 0 Å². The fourth-order valence-corrected chi connectivity index (χ4v) is 1.56. The Balaban J connectivity index is 2.40. The summed E-state index contributed by atoms with van der Waals surface area (Å²) in [6.07, 6.45) is 1.81. The van der Waals surface area contributed by atoms with E-state index in [1.807, 2.05) is 38.1 Å². The molecule has 0 aliphatic heterocycles. The molecule has 2 aromatic rings. The summed E-state index contributed by atoms with van der Waals surface area (Å²) in [6.45, 7) is 3.92. The van der Waals surface area contributed by atoms with Gasteiger partial charge in [-0.1, -0.05) is 12.1 Å². The molecule has 0 atom stereocenters. The van der Waals surface area contributed by atoms with Gasteiger partial charge in [-0.2, -0.15) is 0 Å². The number of benzene rings is 1. The van der Waals surface area contributed by atoms with Crippen molar-refractivity contribution in [2.75, 3.05) is 0 Å². The second kappa shape index (κ2) is 4.87. The quantitative estimate of drug-likeness (QED) is 0.808. The van der Waals surface area contributed by atoms with E-state index in [0.29, 0.717) is 5.76 Å². The number of hydrogen-bond acceptors (Lipinski definition) is 3. The Labute approximate surface area is 100 Å². The van der Waals surface area contributed by atoms with Gasteiger partial charge in [0.2, 0.25) is 0 Å². The van der Waals surface area contributed by atoms with Gasteiger partial charge in [0.25, 0.3) is 6.29 Å². The second-order valence-electron chi connectivity index (χ2n) is 3.93. The summed E-state index contributed by atoms with van der Waals surface area (Å²) in [4.78, 5) is 10.5. The summed E-state index contributed by atoms with van der Waals surface area (Å²) in [6, 6.07) is 10.9. The van der Waals surface area contributed by atoms with E-state index >= 15 is 0 Å². The van der Waals surface area contributed by atoms with Crippen molar-refractivity contribution >= 4 is 6.29 Å². The van der Waals surface area contributed by atoms with Crippen LogP contribution in [0.3, 0.4) is 0 Å². The third kappa shape index (κ3) is 2.56.